The Labute approximate surface area is 169 Å². The first-order valence-electron chi connectivity index (χ1n) is 8.73. The van der Waals surface area contributed by atoms with Gasteiger partial charge in [0.05, 0.1) is 12.6 Å². The van der Waals surface area contributed by atoms with E-state index in [9.17, 15) is 13.9 Å². The minimum atomic E-state index is -0.624. The van der Waals surface area contributed by atoms with Gasteiger partial charge >= 0.3 is 0 Å². The summed E-state index contributed by atoms with van der Waals surface area (Å²) in [6.45, 7) is 4.11. The highest BCUT2D eigenvalue weighted by Crippen LogP contribution is 2.32. The van der Waals surface area contributed by atoms with Gasteiger partial charge < -0.3 is 16.2 Å². The smallest absolute Gasteiger partial charge is 0.191 e. The van der Waals surface area contributed by atoms with E-state index in [4.69, 9.17) is 5.73 Å². The lowest BCUT2D eigenvalue weighted by molar-refractivity contribution is 0.259. The molecular weight excluding hydrogens is 404 g/mol. The molecule has 0 saturated heterocycles. The Morgan fingerprint density at radius 1 is 1.18 bits per heavy atom. The SMILES string of the molecule is CC(C)C[C@H](CO)Nc1nc(SCc2cc(F)cc(F)c2)nc2nc(N)sc12. The summed E-state index contributed by atoms with van der Waals surface area (Å²) in [6.07, 6.45) is 0.765. The molecule has 10 heteroatoms. The van der Waals surface area contributed by atoms with E-state index in [-0.39, 0.29) is 12.6 Å². The second-order valence-corrected chi connectivity index (χ2v) is 8.75. The van der Waals surface area contributed by atoms with Gasteiger partial charge in [-0.05, 0) is 30.0 Å². The van der Waals surface area contributed by atoms with Gasteiger partial charge in [0, 0.05) is 11.8 Å². The zero-order valence-corrected chi connectivity index (χ0v) is 17.1. The fourth-order valence-corrected chi connectivity index (χ4v) is 4.26. The third-order valence-electron chi connectivity index (χ3n) is 3.86. The first-order valence-corrected chi connectivity index (χ1v) is 10.5. The number of fused-ring (bicyclic) bond motifs is 1. The Kier molecular flexibility index (Phi) is 6.63. The third-order valence-corrected chi connectivity index (χ3v) is 5.66. The zero-order valence-electron chi connectivity index (χ0n) is 15.4. The molecule has 6 nitrogen and oxygen atoms in total. The van der Waals surface area contributed by atoms with Crippen LogP contribution in [0.1, 0.15) is 25.8 Å². The molecule has 1 aromatic carbocycles. The van der Waals surface area contributed by atoms with E-state index in [0.717, 1.165) is 12.5 Å². The number of anilines is 2. The quantitative estimate of drug-likeness (QED) is 0.370. The minimum Gasteiger partial charge on any atom is -0.394 e. The summed E-state index contributed by atoms with van der Waals surface area (Å²) in [4.78, 5) is 13.1. The van der Waals surface area contributed by atoms with Crippen LogP contribution in [0.15, 0.2) is 23.4 Å². The molecule has 2 aromatic heterocycles. The van der Waals surface area contributed by atoms with Crippen LogP contribution in [0.25, 0.3) is 10.3 Å². The van der Waals surface area contributed by atoms with Crippen molar-refractivity contribution in [3.05, 3.63) is 35.4 Å². The molecule has 4 N–H and O–H groups in total. The largest absolute Gasteiger partial charge is 0.394 e. The van der Waals surface area contributed by atoms with Crippen LogP contribution in [0.4, 0.5) is 19.7 Å². The van der Waals surface area contributed by atoms with Crippen molar-refractivity contribution >= 4 is 44.4 Å². The molecule has 0 aliphatic carbocycles. The van der Waals surface area contributed by atoms with Crippen molar-refractivity contribution in [3.8, 4) is 0 Å². The lowest BCUT2D eigenvalue weighted by Crippen LogP contribution is -2.26. The van der Waals surface area contributed by atoms with Crippen molar-refractivity contribution in [2.24, 2.45) is 5.92 Å². The molecule has 150 valence electrons. The van der Waals surface area contributed by atoms with Gasteiger partial charge in [0.1, 0.15) is 16.3 Å². The number of rotatable bonds is 8. The molecule has 0 spiro atoms. The molecule has 0 amide bonds. The lowest BCUT2D eigenvalue weighted by atomic mass is 10.0. The van der Waals surface area contributed by atoms with Gasteiger partial charge in [-0.25, -0.2) is 23.7 Å². The molecule has 0 unspecified atom stereocenters. The fourth-order valence-electron chi connectivity index (χ4n) is 2.77. The Balaban J connectivity index is 1.86. The third kappa shape index (κ3) is 5.27. The normalized spacial score (nSPS) is 12.6. The Hall–Kier alpha value is -2.04. The molecule has 0 radical (unpaired) electrons. The molecule has 28 heavy (non-hydrogen) atoms. The average molecular weight is 426 g/mol. The van der Waals surface area contributed by atoms with Crippen LogP contribution in [0.5, 0.6) is 0 Å². The Morgan fingerprint density at radius 3 is 2.54 bits per heavy atom. The second kappa shape index (κ2) is 8.97. The minimum absolute atomic E-state index is 0.0387. The number of nitrogens with one attached hydrogen (secondary N) is 1. The Bertz CT molecular complexity index is 946. The topological polar surface area (TPSA) is 97.0 Å². The maximum atomic E-state index is 13.4. The highest BCUT2D eigenvalue weighted by molar-refractivity contribution is 7.98. The van der Waals surface area contributed by atoms with Crippen molar-refractivity contribution in [3.63, 3.8) is 0 Å². The van der Waals surface area contributed by atoms with Crippen LogP contribution in [0.3, 0.4) is 0 Å². The van der Waals surface area contributed by atoms with Crippen molar-refractivity contribution in [1.82, 2.24) is 15.0 Å². The standard InChI is InChI=1S/C18H21F2N5OS2/c1-9(2)3-13(7-26)22-15-14-16(23-17(21)28-14)25-18(24-15)27-8-10-4-11(19)6-12(20)5-10/h4-6,9,13,26H,3,7-8H2,1-2H3,(H3,21,22,23,24,25)/t13-/m1/s1. The molecule has 0 aliphatic rings. The van der Waals surface area contributed by atoms with Crippen molar-refractivity contribution < 1.29 is 13.9 Å². The number of hydrogen-bond donors (Lipinski definition) is 3. The van der Waals surface area contributed by atoms with Gasteiger partial charge in [0.15, 0.2) is 21.8 Å². The number of nitrogen functional groups attached to an aromatic ring is 1. The number of aliphatic hydroxyl groups is 1. The fraction of sp³-hybridized carbons (Fsp3) is 0.389. The van der Waals surface area contributed by atoms with Crippen molar-refractivity contribution in [2.75, 3.05) is 17.7 Å². The van der Waals surface area contributed by atoms with Gasteiger partial charge in [-0.2, -0.15) is 0 Å². The van der Waals surface area contributed by atoms with E-state index in [1.807, 2.05) is 0 Å². The number of aliphatic hydroxyl groups excluding tert-OH is 1. The monoisotopic (exact) mass is 425 g/mol. The van der Waals surface area contributed by atoms with Gasteiger partial charge in [-0.1, -0.05) is 36.9 Å². The number of nitrogens with two attached hydrogens (primary N) is 1. The number of thioether (sulfide) groups is 1. The van der Waals surface area contributed by atoms with Gasteiger partial charge in [0.2, 0.25) is 0 Å². The molecule has 1 atom stereocenters. The van der Waals surface area contributed by atoms with Crippen LogP contribution >= 0.6 is 23.1 Å². The van der Waals surface area contributed by atoms with Gasteiger partial charge in [-0.15, -0.1) is 0 Å². The maximum Gasteiger partial charge on any atom is 0.191 e. The molecular formula is C18H21F2N5OS2. The first-order chi connectivity index (χ1) is 13.3. The summed E-state index contributed by atoms with van der Waals surface area (Å²) in [5.41, 5.74) is 6.77. The van der Waals surface area contributed by atoms with Crippen LogP contribution < -0.4 is 11.1 Å². The van der Waals surface area contributed by atoms with Crippen molar-refractivity contribution in [2.45, 2.75) is 37.2 Å². The number of hydrogen-bond acceptors (Lipinski definition) is 8. The average Bonchev–Trinajstić information content (AvgIpc) is 2.98. The summed E-state index contributed by atoms with van der Waals surface area (Å²) in [5, 5.41) is 13.7. The van der Waals surface area contributed by atoms with E-state index in [2.05, 4.69) is 34.1 Å². The number of halogens is 2. The Morgan fingerprint density at radius 2 is 1.89 bits per heavy atom. The highest BCUT2D eigenvalue weighted by Gasteiger charge is 2.17. The summed E-state index contributed by atoms with van der Waals surface area (Å²) < 4.78 is 27.5. The molecule has 3 aromatic rings. The molecule has 0 bridgehead atoms. The summed E-state index contributed by atoms with van der Waals surface area (Å²) >= 11 is 2.51. The number of thiazole rings is 1. The van der Waals surface area contributed by atoms with E-state index >= 15 is 0 Å². The number of nitrogens with zero attached hydrogens (tertiary/aromatic N) is 3. The van der Waals surface area contributed by atoms with E-state index in [1.54, 1.807) is 0 Å². The predicted molar refractivity (Wildman–Crippen MR) is 109 cm³/mol. The first kappa shape index (κ1) is 20.7. The van der Waals surface area contributed by atoms with Crippen LogP contribution in [-0.2, 0) is 5.75 Å². The second-order valence-electron chi connectivity index (χ2n) is 6.78. The predicted octanol–water partition coefficient (Wildman–Crippen LogP) is 4.06. The van der Waals surface area contributed by atoms with Crippen LogP contribution in [0, 0.1) is 17.6 Å². The molecule has 3 rings (SSSR count). The number of aromatic nitrogens is 3. The summed E-state index contributed by atoms with van der Waals surface area (Å²) in [5.74, 6) is -0.00603. The molecule has 0 saturated carbocycles. The number of benzene rings is 1. The van der Waals surface area contributed by atoms with Gasteiger partial charge in [0.25, 0.3) is 0 Å². The van der Waals surface area contributed by atoms with E-state index < -0.39 is 11.6 Å². The summed E-state index contributed by atoms with van der Waals surface area (Å²) in [7, 11) is 0. The van der Waals surface area contributed by atoms with Crippen LogP contribution in [0.2, 0.25) is 0 Å². The molecule has 0 fully saturated rings. The zero-order chi connectivity index (χ0) is 20.3. The lowest BCUT2D eigenvalue weighted by Gasteiger charge is -2.19. The van der Waals surface area contributed by atoms with Crippen LogP contribution in [-0.4, -0.2) is 32.7 Å². The maximum absolute atomic E-state index is 13.4. The van der Waals surface area contributed by atoms with E-state index in [0.29, 0.717) is 43.7 Å². The highest BCUT2D eigenvalue weighted by atomic mass is 32.2. The van der Waals surface area contributed by atoms with Gasteiger partial charge in [-0.3, -0.25) is 0 Å². The molecule has 2 heterocycles. The summed E-state index contributed by atoms with van der Waals surface area (Å²) in [6, 6.07) is 3.22. The van der Waals surface area contributed by atoms with Crippen molar-refractivity contribution in [1.29, 1.82) is 0 Å². The molecule has 0 aliphatic heterocycles. The van der Waals surface area contributed by atoms with E-state index in [1.165, 1.54) is 35.2 Å².